The van der Waals surface area contributed by atoms with E-state index >= 15 is 0 Å². The van der Waals surface area contributed by atoms with Gasteiger partial charge in [-0.2, -0.15) is 0 Å². The minimum atomic E-state index is 0.579. The summed E-state index contributed by atoms with van der Waals surface area (Å²) in [5.74, 6) is 0. The van der Waals surface area contributed by atoms with E-state index in [9.17, 15) is 0 Å². The van der Waals surface area contributed by atoms with Crippen LogP contribution >= 0.6 is 11.3 Å². The molecule has 0 saturated heterocycles. The van der Waals surface area contributed by atoms with Gasteiger partial charge < -0.3 is 4.57 Å². The van der Waals surface area contributed by atoms with E-state index in [0.29, 0.717) is 4.80 Å². The van der Waals surface area contributed by atoms with Crippen molar-refractivity contribution in [3.63, 3.8) is 0 Å². The van der Waals surface area contributed by atoms with E-state index in [1.54, 1.807) is 6.08 Å². The minimum Gasteiger partial charge on any atom is -0.320 e. The van der Waals surface area contributed by atoms with Gasteiger partial charge in [0, 0.05) is 18.1 Å². The van der Waals surface area contributed by atoms with Crippen molar-refractivity contribution in [1.29, 1.82) is 5.41 Å². The number of nitrogens with zero attached hydrogens (tertiary/aromatic N) is 1. The Labute approximate surface area is 57.6 Å². The average Bonchev–Trinajstić information content (AvgIpc) is 2.18. The molecule has 0 fully saturated rings. The Hall–Kier alpha value is -0.830. The van der Waals surface area contributed by atoms with Gasteiger partial charge in [-0.15, -0.1) is 17.9 Å². The van der Waals surface area contributed by atoms with Crippen LogP contribution in [0.1, 0.15) is 0 Å². The molecular formula is C6H8N2S. The standard InChI is InChI=1S/C6H8N2S/c1-2-3-8-4-5-9-6(8)7/h2,4-5,7H,1,3H2. The van der Waals surface area contributed by atoms with Gasteiger partial charge in [-0.25, -0.2) is 0 Å². The number of rotatable bonds is 2. The van der Waals surface area contributed by atoms with Crippen molar-refractivity contribution < 1.29 is 0 Å². The molecule has 0 aliphatic heterocycles. The molecule has 0 amide bonds. The summed E-state index contributed by atoms with van der Waals surface area (Å²) in [5.41, 5.74) is 0. The molecule has 0 aromatic carbocycles. The van der Waals surface area contributed by atoms with Crippen LogP contribution in [0.4, 0.5) is 0 Å². The van der Waals surface area contributed by atoms with Crippen LogP contribution < -0.4 is 4.80 Å². The zero-order chi connectivity index (χ0) is 6.69. The number of hydrogen-bond donors (Lipinski definition) is 1. The number of allylic oxidation sites excluding steroid dienone is 1. The highest BCUT2D eigenvalue weighted by atomic mass is 32.1. The van der Waals surface area contributed by atoms with E-state index in [2.05, 4.69) is 6.58 Å². The van der Waals surface area contributed by atoms with Gasteiger partial charge in [-0.1, -0.05) is 6.08 Å². The molecule has 0 bridgehead atoms. The second-order valence-electron chi connectivity index (χ2n) is 1.65. The summed E-state index contributed by atoms with van der Waals surface area (Å²) in [4.78, 5) is 0.579. The summed E-state index contributed by atoms with van der Waals surface area (Å²) in [7, 11) is 0. The number of nitrogens with one attached hydrogen (secondary N) is 1. The van der Waals surface area contributed by atoms with Crippen LogP contribution in [-0.4, -0.2) is 4.57 Å². The molecule has 3 heteroatoms. The first-order valence-corrected chi connectivity index (χ1v) is 3.52. The maximum atomic E-state index is 7.29. The zero-order valence-electron chi connectivity index (χ0n) is 5.00. The largest absolute Gasteiger partial charge is 0.320 e. The van der Waals surface area contributed by atoms with E-state index in [0.717, 1.165) is 6.54 Å². The average molecular weight is 140 g/mol. The molecule has 1 aromatic rings. The van der Waals surface area contributed by atoms with E-state index in [-0.39, 0.29) is 0 Å². The molecule has 0 atom stereocenters. The van der Waals surface area contributed by atoms with Crippen molar-refractivity contribution in [1.82, 2.24) is 4.57 Å². The smallest absolute Gasteiger partial charge is 0.182 e. The van der Waals surface area contributed by atoms with Crippen LogP contribution in [0, 0.1) is 5.41 Å². The summed E-state index contributed by atoms with van der Waals surface area (Å²) in [5, 5.41) is 9.18. The van der Waals surface area contributed by atoms with Crippen LogP contribution in [0.2, 0.25) is 0 Å². The van der Waals surface area contributed by atoms with Gasteiger partial charge in [0.2, 0.25) is 0 Å². The quantitative estimate of drug-likeness (QED) is 0.598. The molecule has 0 aliphatic carbocycles. The predicted molar refractivity (Wildman–Crippen MR) is 38.4 cm³/mol. The normalized spacial score (nSPS) is 9.33. The van der Waals surface area contributed by atoms with E-state index in [4.69, 9.17) is 5.41 Å². The molecule has 0 unspecified atom stereocenters. The third-order valence-corrected chi connectivity index (χ3v) is 1.72. The lowest BCUT2D eigenvalue weighted by Gasteiger charge is -1.91. The van der Waals surface area contributed by atoms with Gasteiger partial charge in [0.1, 0.15) is 0 Å². The molecule has 0 radical (unpaired) electrons. The Morgan fingerprint density at radius 1 is 1.89 bits per heavy atom. The summed E-state index contributed by atoms with van der Waals surface area (Å²) < 4.78 is 1.83. The van der Waals surface area contributed by atoms with Gasteiger partial charge in [0.15, 0.2) is 4.80 Å². The Bertz CT molecular complexity index is 246. The fourth-order valence-electron chi connectivity index (χ4n) is 0.587. The first-order valence-electron chi connectivity index (χ1n) is 2.64. The minimum absolute atomic E-state index is 0.579. The third-order valence-electron chi connectivity index (χ3n) is 1.01. The summed E-state index contributed by atoms with van der Waals surface area (Å²) in [6.07, 6.45) is 3.67. The van der Waals surface area contributed by atoms with Crippen LogP contribution in [0.5, 0.6) is 0 Å². The van der Waals surface area contributed by atoms with E-state index < -0.39 is 0 Å². The van der Waals surface area contributed by atoms with Gasteiger partial charge in [-0.3, -0.25) is 5.41 Å². The Morgan fingerprint density at radius 2 is 2.67 bits per heavy atom. The second-order valence-corrected chi connectivity index (χ2v) is 2.54. The Morgan fingerprint density at radius 3 is 3.11 bits per heavy atom. The zero-order valence-corrected chi connectivity index (χ0v) is 5.82. The highest BCUT2D eigenvalue weighted by Gasteiger charge is 1.86. The SMILES string of the molecule is C=CCn1ccsc1=N. The van der Waals surface area contributed by atoms with Gasteiger partial charge in [0.25, 0.3) is 0 Å². The van der Waals surface area contributed by atoms with Crippen molar-refractivity contribution >= 4 is 11.3 Å². The lowest BCUT2D eigenvalue weighted by Crippen LogP contribution is -2.09. The molecule has 1 N–H and O–H groups in total. The van der Waals surface area contributed by atoms with Crippen molar-refractivity contribution in [3.05, 3.63) is 29.0 Å². The van der Waals surface area contributed by atoms with Crippen molar-refractivity contribution in [2.45, 2.75) is 6.54 Å². The van der Waals surface area contributed by atoms with Gasteiger partial charge in [-0.05, 0) is 0 Å². The lowest BCUT2D eigenvalue weighted by molar-refractivity contribution is 0.780. The second kappa shape index (κ2) is 2.64. The molecule has 9 heavy (non-hydrogen) atoms. The molecule has 0 aliphatic rings. The summed E-state index contributed by atoms with van der Waals surface area (Å²) in [6.45, 7) is 4.32. The summed E-state index contributed by atoms with van der Waals surface area (Å²) in [6, 6.07) is 0. The summed E-state index contributed by atoms with van der Waals surface area (Å²) >= 11 is 1.43. The Balaban J connectivity index is 2.93. The van der Waals surface area contributed by atoms with Crippen molar-refractivity contribution in [2.75, 3.05) is 0 Å². The number of hydrogen-bond acceptors (Lipinski definition) is 2. The van der Waals surface area contributed by atoms with Gasteiger partial charge in [0.05, 0.1) is 0 Å². The van der Waals surface area contributed by atoms with Gasteiger partial charge >= 0.3 is 0 Å². The van der Waals surface area contributed by atoms with Crippen LogP contribution in [0.15, 0.2) is 24.2 Å². The highest BCUT2D eigenvalue weighted by molar-refractivity contribution is 7.06. The van der Waals surface area contributed by atoms with Crippen molar-refractivity contribution in [2.24, 2.45) is 0 Å². The topological polar surface area (TPSA) is 28.8 Å². The first kappa shape index (κ1) is 6.29. The van der Waals surface area contributed by atoms with Crippen molar-refractivity contribution in [3.8, 4) is 0 Å². The highest BCUT2D eigenvalue weighted by Crippen LogP contribution is 1.87. The fraction of sp³-hybridized carbons (Fsp3) is 0.167. The predicted octanol–water partition coefficient (Wildman–Crippen LogP) is 1.22. The van der Waals surface area contributed by atoms with E-state index in [1.165, 1.54) is 11.3 Å². The fourth-order valence-corrected chi connectivity index (χ4v) is 1.19. The molecule has 1 heterocycles. The molecular weight excluding hydrogens is 132 g/mol. The Kier molecular flexibility index (Phi) is 1.85. The lowest BCUT2D eigenvalue weighted by atomic mass is 10.6. The maximum Gasteiger partial charge on any atom is 0.182 e. The van der Waals surface area contributed by atoms with Crippen LogP contribution in [0.3, 0.4) is 0 Å². The number of thiazole rings is 1. The van der Waals surface area contributed by atoms with E-state index in [1.807, 2.05) is 16.1 Å². The first-order chi connectivity index (χ1) is 4.34. The molecule has 1 rings (SSSR count). The monoisotopic (exact) mass is 140 g/mol. The molecule has 2 nitrogen and oxygen atoms in total. The molecule has 0 saturated carbocycles. The molecule has 1 aromatic heterocycles. The van der Waals surface area contributed by atoms with Crippen LogP contribution in [0.25, 0.3) is 0 Å². The maximum absolute atomic E-state index is 7.29. The van der Waals surface area contributed by atoms with Crippen LogP contribution in [-0.2, 0) is 6.54 Å². The molecule has 0 spiro atoms. The number of aromatic nitrogens is 1. The molecule has 48 valence electrons. The third kappa shape index (κ3) is 1.29.